The van der Waals surface area contributed by atoms with E-state index in [0.717, 1.165) is 23.8 Å². The van der Waals surface area contributed by atoms with E-state index in [9.17, 15) is 0 Å². The van der Waals surface area contributed by atoms with Crippen LogP contribution >= 0.6 is 0 Å². The smallest absolute Gasteiger partial charge is 0.00954 e. The van der Waals surface area contributed by atoms with Crippen molar-refractivity contribution >= 4 is 0 Å². The summed E-state index contributed by atoms with van der Waals surface area (Å²) >= 11 is 0. The van der Waals surface area contributed by atoms with E-state index in [0.29, 0.717) is 0 Å². The summed E-state index contributed by atoms with van der Waals surface area (Å²) in [6.07, 6.45) is 8.94. The Hall–Kier alpha value is -0.0800. The summed E-state index contributed by atoms with van der Waals surface area (Å²) in [6.45, 7) is 7.94. The second-order valence-electron chi connectivity index (χ2n) is 7.28. The SMILES string of the molecule is C[C@@H](C1CCCCC1)N1C[C@@H]2C[C@@H](CN(C)C2)C1. The lowest BCUT2D eigenvalue weighted by Gasteiger charge is -2.48. The Kier molecular flexibility index (Phi) is 3.95. The molecule has 0 aromatic rings. The summed E-state index contributed by atoms with van der Waals surface area (Å²) in [6, 6.07) is 0.846. The average Bonchev–Trinajstić information content (AvgIpc) is 2.37. The largest absolute Gasteiger partial charge is 0.306 e. The van der Waals surface area contributed by atoms with Gasteiger partial charge in [0.1, 0.15) is 0 Å². The molecule has 2 nitrogen and oxygen atoms in total. The molecule has 0 aromatic heterocycles. The number of hydrogen-bond acceptors (Lipinski definition) is 2. The molecular weight excluding hydrogens is 220 g/mol. The van der Waals surface area contributed by atoms with Crippen LogP contribution in [0.15, 0.2) is 0 Å². The molecule has 0 amide bonds. The molecular formula is C16H30N2. The van der Waals surface area contributed by atoms with Crippen molar-refractivity contribution in [3.8, 4) is 0 Å². The first-order valence-electron chi connectivity index (χ1n) is 8.15. The molecule has 2 saturated heterocycles. The first-order valence-corrected chi connectivity index (χ1v) is 8.15. The molecule has 3 aliphatic rings. The molecule has 0 radical (unpaired) electrons. The highest BCUT2D eigenvalue weighted by molar-refractivity contribution is 4.90. The molecule has 0 aromatic carbocycles. The molecule has 0 spiro atoms. The van der Waals surface area contributed by atoms with E-state index in [-0.39, 0.29) is 0 Å². The third kappa shape index (κ3) is 2.75. The lowest BCUT2D eigenvalue weighted by Crippen LogP contribution is -2.55. The molecule has 2 aliphatic heterocycles. The van der Waals surface area contributed by atoms with Gasteiger partial charge >= 0.3 is 0 Å². The maximum absolute atomic E-state index is 2.85. The summed E-state index contributed by atoms with van der Waals surface area (Å²) in [5.41, 5.74) is 0. The normalized spacial score (nSPS) is 37.7. The molecule has 0 unspecified atom stereocenters. The van der Waals surface area contributed by atoms with Gasteiger partial charge in [-0.3, -0.25) is 4.90 Å². The van der Waals surface area contributed by atoms with Crippen LogP contribution in [-0.2, 0) is 0 Å². The molecule has 2 bridgehead atoms. The zero-order valence-electron chi connectivity index (χ0n) is 12.3. The second kappa shape index (κ2) is 5.50. The van der Waals surface area contributed by atoms with Crippen molar-refractivity contribution < 1.29 is 0 Å². The molecule has 1 saturated carbocycles. The Balaban J connectivity index is 1.59. The van der Waals surface area contributed by atoms with E-state index in [1.807, 2.05) is 0 Å². The summed E-state index contributed by atoms with van der Waals surface area (Å²) < 4.78 is 0. The lowest BCUT2D eigenvalue weighted by molar-refractivity contribution is 0.00503. The highest BCUT2D eigenvalue weighted by atomic mass is 15.2. The Morgan fingerprint density at radius 1 is 0.889 bits per heavy atom. The van der Waals surface area contributed by atoms with Gasteiger partial charge < -0.3 is 4.90 Å². The van der Waals surface area contributed by atoms with Crippen molar-refractivity contribution in [3.05, 3.63) is 0 Å². The van der Waals surface area contributed by atoms with Gasteiger partial charge in [0, 0.05) is 32.2 Å². The van der Waals surface area contributed by atoms with E-state index in [4.69, 9.17) is 0 Å². The summed E-state index contributed by atoms with van der Waals surface area (Å²) in [4.78, 5) is 5.41. The van der Waals surface area contributed by atoms with Crippen molar-refractivity contribution in [2.24, 2.45) is 17.8 Å². The van der Waals surface area contributed by atoms with Crippen LogP contribution in [0.2, 0.25) is 0 Å². The summed E-state index contributed by atoms with van der Waals surface area (Å²) in [5.74, 6) is 2.90. The number of likely N-dealkylation sites (tertiary alicyclic amines) is 2. The third-order valence-electron chi connectivity index (χ3n) is 5.70. The average molecular weight is 250 g/mol. The predicted octanol–water partition coefficient (Wildman–Crippen LogP) is 2.84. The molecule has 1 aliphatic carbocycles. The van der Waals surface area contributed by atoms with Gasteiger partial charge in [0.2, 0.25) is 0 Å². The molecule has 2 heteroatoms. The molecule has 18 heavy (non-hydrogen) atoms. The van der Waals surface area contributed by atoms with Crippen molar-refractivity contribution in [1.29, 1.82) is 0 Å². The van der Waals surface area contributed by atoms with Crippen molar-refractivity contribution in [3.63, 3.8) is 0 Å². The molecule has 3 rings (SSSR count). The van der Waals surface area contributed by atoms with Crippen LogP contribution in [-0.4, -0.2) is 49.1 Å². The van der Waals surface area contributed by atoms with E-state index in [1.165, 1.54) is 64.7 Å². The van der Waals surface area contributed by atoms with Crippen LogP contribution < -0.4 is 0 Å². The summed E-state index contributed by atoms with van der Waals surface area (Å²) in [7, 11) is 2.30. The number of hydrogen-bond donors (Lipinski definition) is 0. The van der Waals surface area contributed by atoms with Crippen LogP contribution in [0.25, 0.3) is 0 Å². The van der Waals surface area contributed by atoms with Gasteiger partial charge in [0.15, 0.2) is 0 Å². The van der Waals surface area contributed by atoms with Gasteiger partial charge in [-0.1, -0.05) is 19.3 Å². The zero-order chi connectivity index (χ0) is 12.5. The maximum Gasteiger partial charge on any atom is 0.00954 e. The fourth-order valence-corrected chi connectivity index (χ4v) is 4.83. The minimum atomic E-state index is 0.846. The molecule has 2 heterocycles. The van der Waals surface area contributed by atoms with Crippen LogP contribution in [0.4, 0.5) is 0 Å². The minimum Gasteiger partial charge on any atom is -0.306 e. The Morgan fingerprint density at radius 3 is 2.11 bits per heavy atom. The first-order chi connectivity index (χ1) is 8.72. The van der Waals surface area contributed by atoms with Gasteiger partial charge in [-0.2, -0.15) is 0 Å². The minimum absolute atomic E-state index is 0.846. The highest BCUT2D eigenvalue weighted by Crippen LogP contribution is 2.34. The molecule has 3 atom stereocenters. The Labute approximate surface area is 113 Å². The van der Waals surface area contributed by atoms with Gasteiger partial charge in [-0.05, 0) is 51.0 Å². The van der Waals surface area contributed by atoms with Crippen molar-refractivity contribution in [1.82, 2.24) is 9.80 Å². The number of nitrogens with zero attached hydrogens (tertiary/aromatic N) is 2. The molecule has 3 fully saturated rings. The number of piperidine rings is 2. The Bertz CT molecular complexity index is 254. The number of rotatable bonds is 2. The lowest BCUT2D eigenvalue weighted by atomic mass is 9.80. The van der Waals surface area contributed by atoms with Gasteiger partial charge in [0.25, 0.3) is 0 Å². The monoisotopic (exact) mass is 250 g/mol. The van der Waals surface area contributed by atoms with E-state index >= 15 is 0 Å². The highest BCUT2D eigenvalue weighted by Gasteiger charge is 2.36. The second-order valence-corrected chi connectivity index (χ2v) is 7.28. The van der Waals surface area contributed by atoms with Gasteiger partial charge in [-0.15, -0.1) is 0 Å². The standard InChI is InChI=1S/C16H30N2/c1-13(16-6-4-3-5-7-16)18-11-14-8-15(12-18)10-17(2)9-14/h13-16H,3-12H2,1-2H3/t13-,14-,15+/m0/s1. The van der Waals surface area contributed by atoms with Crippen LogP contribution in [0.5, 0.6) is 0 Å². The van der Waals surface area contributed by atoms with E-state index in [2.05, 4.69) is 23.8 Å². The van der Waals surface area contributed by atoms with Crippen molar-refractivity contribution in [2.45, 2.75) is 51.5 Å². The third-order valence-corrected chi connectivity index (χ3v) is 5.70. The quantitative estimate of drug-likeness (QED) is 0.743. The number of fused-ring (bicyclic) bond motifs is 2. The predicted molar refractivity (Wildman–Crippen MR) is 76.7 cm³/mol. The first kappa shape index (κ1) is 12.9. The van der Waals surface area contributed by atoms with Crippen LogP contribution in [0, 0.1) is 17.8 Å². The maximum atomic E-state index is 2.85. The fourth-order valence-electron chi connectivity index (χ4n) is 4.83. The van der Waals surface area contributed by atoms with Crippen LogP contribution in [0.1, 0.15) is 45.4 Å². The zero-order valence-corrected chi connectivity index (χ0v) is 12.3. The van der Waals surface area contributed by atoms with Gasteiger partial charge in [0.05, 0.1) is 0 Å². The topological polar surface area (TPSA) is 6.48 Å². The van der Waals surface area contributed by atoms with Crippen LogP contribution in [0.3, 0.4) is 0 Å². The van der Waals surface area contributed by atoms with E-state index < -0.39 is 0 Å². The van der Waals surface area contributed by atoms with E-state index in [1.54, 1.807) is 0 Å². The Morgan fingerprint density at radius 2 is 1.50 bits per heavy atom. The summed E-state index contributed by atoms with van der Waals surface area (Å²) in [5, 5.41) is 0. The molecule has 0 N–H and O–H groups in total. The van der Waals surface area contributed by atoms with Crippen molar-refractivity contribution in [2.75, 3.05) is 33.2 Å². The fraction of sp³-hybridized carbons (Fsp3) is 1.00. The van der Waals surface area contributed by atoms with Gasteiger partial charge in [-0.25, -0.2) is 0 Å². The molecule has 104 valence electrons.